The second-order valence-electron chi connectivity index (χ2n) is 22.6. The van der Waals surface area contributed by atoms with Gasteiger partial charge in [0, 0.05) is 98.4 Å². The van der Waals surface area contributed by atoms with Crippen LogP contribution < -0.4 is 5.32 Å². The van der Waals surface area contributed by atoms with Gasteiger partial charge in [-0.05, 0) is 181 Å². The average Bonchev–Trinajstić information content (AvgIpc) is 4.23. The summed E-state index contributed by atoms with van der Waals surface area (Å²) in [6.45, 7) is 6.52. The lowest BCUT2D eigenvalue weighted by molar-refractivity contribution is 0.109. The Kier molecular flexibility index (Phi) is 14.8. The van der Waals surface area contributed by atoms with E-state index in [2.05, 4.69) is 142 Å². The number of pyridine rings is 6. The molecule has 404 valence electrons. The van der Waals surface area contributed by atoms with Crippen molar-refractivity contribution in [3.05, 3.63) is 172 Å². The monoisotopic (exact) mass is 1060 g/mol. The minimum absolute atomic E-state index is 0.0702. The van der Waals surface area contributed by atoms with Crippen LogP contribution in [0.15, 0.2) is 104 Å². The van der Waals surface area contributed by atoms with Crippen LogP contribution in [0.3, 0.4) is 0 Å². The van der Waals surface area contributed by atoms with Crippen molar-refractivity contribution in [3.63, 3.8) is 0 Å². The van der Waals surface area contributed by atoms with Crippen molar-refractivity contribution in [1.29, 1.82) is 15.8 Å². The Balaban J connectivity index is 0.806. The molecule has 0 aliphatic carbocycles. The van der Waals surface area contributed by atoms with Gasteiger partial charge < -0.3 is 18.5 Å². The molecule has 0 bridgehead atoms. The number of rotatable bonds is 14. The van der Waals surface area contributed by atoms with Crippen LogP contribution in [0.4, 0.5) is 0 Å². The van der Waals surface area contributed by atoms with Crippen LogP contribution in [-0.4, -0.2) is 67.0 Å². The predicted octanol–water partition coefficient (Wildman–Crippen LogP) is 12.8. The van der Waals surface area contributed by atoms with Gasteiger partial charge in [0.05, 0.1) is 88.6 Å². The maximum absolute atomic E-state index is 9.86. The number of aromatic nitrogens is 9. The van der Waals surface area contributed by atoms with Crippen LogP contribution in [0.25, 0.3) is 39.2 Å². The minimum Gasteiger partial charge on any atom is -0.304 e. The summed E-state index contributed by atoms with van der Waals surface area (Å²) in [5, 5.41) is 33.0. The minimum atomic E-state index is 0.0702. The maximum Gasteiger partial charge on any atom is 0.137 e. The SMILES string of the molecule is Cc1cccnc1[C@@H]1CCC[C@H](c2cn3c(CCC#N)cc(-c4cnc([C@@H]5CCC[C@H](c6cn7c(CCC#N)cc(-c8ccnc([C@@H]9CCC[C@H](c%10nc%11ccccn%11c%10CCC#N)N9C)c8C)cc7n6)N5C)c(C)c4)cc3n2)N1. The molecule has 12 heterocycles. The van der Waals surface area contributed by atoms with E-state index >= 15 is 0 Å². The van der Waals surface area contributed by atoms with Crippen LogP contribution in [0.1, 0.15) is 181 Å². The molecule has 9 aromatic rings. The number of piperidine rings is 3. The first-order valence-electron chi connectivity index (χ1n) is 28.8. The van der Waals surface area contributed by atoms with Crippen molar-refractivity contribution >= 4 is 16.9 Å². The van der Waals surface area contributed by atoms with E-state index in [1.807, 2.05) is 42.9 Å². The molecule has 0 saturated carbocycles. The van der Waals surface area contributed by atoms with Crippen LogP contribution in [0.5, 0.6) is 0 Å². The molecular formula is C65H69N15. The lowest BCUT2D eigenvalue weighted by Gasteiger charge is -2.39. The third-order valence-electron chi connectivity index (χ3n) is 17.8. The maximum atomic E-state index is 9.86. The third-order valence-corrected chi connectivity index (χ3v) is 17.8. The molecule has 12 rings (SSSR count). The summed E-state index contributed by atoms with van der Waals surface area (Å²) in [7, 11) is 4.43. The van der Waals surface area contributed by atoms with Gasteiger partial charge in [-0.2, -0.15) is 15.8 Å². The number of hydrogen-bond donors (Lipinski definition) is 1. The largest absolute Gasteiger partial charge is 0.304 e. The fourth-order valence-electron chi connectivity index (χ4n) is 13.7. The molecule has 0 aromatic carbocycles. The zero-order chi connectivity index (χ0) is 55.0. The normalized spacial score (nSPS) is 21.0. The summed E-state index contributed by atoms with van der Waals surface area (Å²) in [6.07, 6.45) is 24.6. The quantitative estimate of drug-likeness (QED) is 0.109. The first kappa shape index (κ1) is 52.6. The molecule has 9 aromatic heterocycles. The summed E-state index contributed by atoms with van der Waals surface area (Å²) in [5.41, 5.74) is 20.0. The van der Waals surface area contributed by atoms with Crippen LogP contribution >= 0.6 is 0 Å². The Labute approximate surface area is 468 Å². The summed E-state index contributed by atoms with van der Waals surface area (Å²) in [4.78, 5) is 35.9. The van der Waals surface area contributed by atoms with Crippen LogP contribution in [0, 0.1) is 54.8 Å². The summed E-state index contributed by atoms with van der Waals surface area (Å²) >= 11 is 0. The van der Waals surface area contributed by atoms with Crippen LogP contribution in [0.2, 0.25) is 0 Å². The van der Waals surface area contributed by atoms with E-state index in [4.69, 9.17) is 29.9 Å². The molecule has 6 atom stereocenters. The number of fused-ring (bicyclic) bond motifs is 3. The Bertz CT molecular complexity index is 3900. The first-order valence-corrected chi connectivity index (χ1v) is 28.8. The highest BCUT2D eigenvalue weighted by Gasteiger charge is 2.36. The van der Waals surface area contributed by atoms with Crippen LogP contribution in [-0.2, 0) is 19.3 Å². The van der Waals surface area contributed by atoms with E-state index < -0.39 is 0 Å². The number of nitrogens with zero attached hydrogens (tertiary/aromatic N) is 14. The van der Waals surface area contributed by atoms with Crippen molar-refractivity contribution < 1.29 is 0 Å². The number of nitriles is 3. The molecule has 15 nitrogen and oxygen atoms in total. The van der Waals surface area contributed by atoms with Crippen molar-refractivity contribution in [2.45, 2.75) is 153 Å². The lowest BCUT2D eigenvalue weighted by atomic mass is 9.88. The van der Waals surface area contributed by atoms with Gasteiger partial charge in [0.25, 0.3) is 0 Å². The van der Waals surface area contributed by atoms with Gasteiger partial charge in [0.15, 0.2) is 0 Å². The molecular weight excluding hydrogens is 991 g/mol. The summed E-state index contributed by atoms with van der Waals surface area (Å²) in [6, 6.07) is 31.2. The van der Waals surface area contributed by atoms with E-state index in [1.54, 1.807) is 0 Å². The fraction of sp³-hybridized carbons (Fsp3) is 0.400. The smallest absolute Gasteiger partial charge is 0.137 e. The number of imidazole rings is 3. The molecule has 3 aliphatic rings. The number of nitrogens with one attached hydrogen (secondary N) is 1. The molecule has 80 heavy (non-hydrogen) atoms. The molecule has 3 aliphatic heterocycles. The van der Waals surface area contributed by atoms with Gasteiger partial charge in [0.1, 0.15) is 16.9 Å². The molecule has 0 amide bonds. The predicted molar refractivity (Wildman–Crippen MR) is 309 cm³/mol. The molecule has 1 N–H and O–H groups in total. The van der Waals surface area contributed by atoms with Crippen molar-refractivity contribution in [1.82, 2.24) is 58.2 Å². The van der Waals surface area contributed by atoms with Gasteiger partial charge in [-0.15, -0.1) is 0 Å². The van der Waals surface area contributed by atoms with E-state index in [0.717, 1.165) is 159 Å². The molecule has 3 saturated heterocycles. The van der Waals surface area contributed by atoms with Crippen molar-refractivity contribution in [2.75, 3.05) is 14.1 Å². The molecule has 3 fully saturated rings. The Morgan fingerprint density at radius 2 is 1.15 bits per heavy atom. The standard InChI is InChI=1S/C65H69N15/c1-41-15-14-30-69-62(41)51-19-8-18-50(72-51)52-39-79-47(16-11-27-66)34-44(36-60(79)73-52)46-33-42(2)63(71-38-46)55-21-9-20-54(76(55)4)53-40-80-48(17-12-28-67)35-45(37-61(80)74-53)49-26-31-70-64(43(49)3)56-22-10-23-57(77(56)5)65-58(24-13-29-68)78-32-7-6-25-59(78)75-65/h6-7,14-15,25-26,30-40,50-51,54-57,72H,8-13,16-24H2,1-5H3/t50-,51+,54-,55+,56+,57-/m1/s1. The zero-order valence-electron chi connectivity index (χ0n) is 46.6. The van der Waals surface area contributed by atoms with E-state index in [-0.39, 0.29) is 36.3 Å². The van der Waals surface area contributed by atoms with Crippen molar-refractivity contribution in [2.24, 2.45) is 0 Å². The number of likely N-dealkylation sites (tertiary alicyclic amines) is 2. The van der Waals surface area contributed by atoms with Crippen molar-refractivity contribution in [3.8, 4) is 40.5 Å². The van der Waals surface area contributed by atoms with Gasteiger partial charge >= 0.3 is 0 Å². The Morgan fingerprint density at radius 1 is 0.525 bits per heavy atom. The highest BCUT2D eigenvalue weighted by molar-refractivity contribution is 5.72. The average molecular weight is 1060 g/mol. The zero-order valence-corrected chi connectivity index (χ0v) is 46.6. The van der Waals surface area contributed by atoms with Gasteiger partial charge in [-0.25, -0.2) is 15.0 Å². The third kappa shape index (κ3) is 9.91. The number of hydrogen-bond acceptors (Lipinski definition) is 12. The second-order valence-corrected chi connectivity index (χ2v) is 22.6. The topological polar surface area (TPSA) is 180 Å². The van der Waals surface area contributed by atoms with Gasteiger partial charge in [-0.1, -0.05) is 12.1 Å². The molecule has 15 heteroatoms. The molecule has 0 radical (unpaired) electrons. The van der Waals surface area contributed by atoms with E-state index in [9.17, 15) is 15.8 Å². The van der Waals surface area contributed by atoms with Gasteiger partial charge in [-0.3, -0.25) is 24.8 Å². The summed E-state index contributed by atoms with van der Waals surface area (Å²) < 4.78 is 6.54. The second kappa shape index (κ2) is 22.5. The van der Waals surface area contributed by atoms with E-state index in [1.165, 1.54) is 5.56 Å². The fourth-order valence-corrected chi connectivity index (χ4v) is 13.7. The van der Waals surface area contributed by atoms with E-state index in [0.29, 0.717) is 38.5 Å². The first-order chi connectivity index (χ1) is 39.1. The Hall–Kier alpha value is -8.13. The lowest BCUT2D eigenvalue weighted by Crippen LogP contribution is -2.34. The molecule has 0 spiro atoms. The summed E-state index contributed by atoms with van der Waals surface area (Å²) in [5.74, 6) is 0. The number of aryl methyl sites for hydroxylation is 5. The van der Waals surface area contributed by atoms with Gasteiger partial charge in [0.2, 0.25) is 0 Å². The highest BCUT2D eigenvalue weighted by atomic mass is 15.2. The highest BCUT2D eigenvalue weighted by Crippen LogP contribution is 2.45. The molecule has 0 unspecified atom stereocenters. The Morgan fingerprint density at radius 3 is 1.89 bits per heavy atom.